The Morgan fingerprint density at radius 2 is 1.70 bits per heavy atom. The molecule has 10 heteroatoms. The summed E-state index contributed by atoms with van der Waals surface area (Å²) in [6, 6.07) is 12.5. The largest absolute Gasteiger partial charge is 0.416 e. The number of carbonyl (C=O) groups is 1. The van der Waals surface area contributed by atoms with Crippen molar-refractivity contribution >= 4 is 28.9 Å². The number of benzene rings is 2. The van der Waals surface area contributed by atoms with E-state index in [9.17, 15) is 18.0 Å². The number of azo groups is 1. The van der Waals surface area contributed by atoms with Crippen molar-refractivity contribution < 1.29 is 18.0 Å². The first-order valence-corrected chi connectivity index (χ1v) is 7.60. The molecule has 0 aliphatic carbocycles. The molecule has 138 valence electrons. The molecule has 1 heterocycles. The molecule has 0 radical (unpaired) electrons. The molecule has 27 heavy (non-hydrogen) atoms. The van der Waals surface area contributed by atoms with Crippen LogP contribution < -0.4 is 11.5 Å². The van der Waals surface area contributed by atoms with E-state index >= 15 is 0 Å². The quantitative estimate of drug-likeness (QED) is 0.670. The number of alkyl halides is 3. The molecular formula is C17H13F3N6O. The van der Waals surface area contributed by atoms with Gasteiger partial charge in [-0.1, -0.05) is 24.3 Å². The Kier molecular flexibility index (Phi) is 4.63. The van der Waals surface area contributed by atoms with E-state index in [1.54, 1.807) is 30.3 Å². The molecule has 0 spiro atoms. The fraction of sp³-hybridized carbons (Fsp3) is 0.0588. The molecule has 0 unspecified atom stereocenters. The minimum atomic E-state index is -4.50. The van der Waals surface area contributed by atoms with Crippen molar-refractivity contribution in [1.29, 1.82) is 0 Å². The molecule has 0 aliphatic heterocycles. The van der Waals surface area contributed by atoms with Crippen molar-refractivity contribution in [2.75, 3.05) is 11.5 Å². The molecule has 3 rings (SSSR count). The van der Waals surface area contributed by atoms with Gasteiger partial charge in [0.2, 0.25) is 0 Å². The lowest BCUT2D eigenvalue weighted by atomic mass is 10.2. The standard InChI is InChI=1S/C17H13F3N6O/c18-17(19,20)11-7-4-8-12(9-11)23-24-13-14(21)25-26(15(13)22)16(27)10-5-2-1-3-6-10/h1-9H,22H2,(H2,21,25). The van der Waals surface area contributed by atoms with E-state index in [0.717, 1.165) is 16.8 Å². The molecule has 0 fully saturated rings. The van der Waals surface area contributed by atoms with Gasteiger partial charge in [-0.2, -0.15) is 23.0 Å². The molecule has 7 nitrogen and oxygen atoms in total. The van der Waals surface area contributed by atoms with Gasteiger partial charge >= 0.3 is 6.18 Å². The van der Waals surface area contributed by atoms with E-state index in [2.05, 4.69) is 15.3 Å². The zero-order valence-electron chi connectivity index (χ0n) is 13.7. The molecule has 0 bridgehead atoms. The lowest BCUT2D eigenvalue weighted by molar-refractivity contribution is -0.137. The van der Waals surface area contributed by atoms with Crippen LogP contribution in [-0.2, 0) is 6.18 Å². The van der Waals surface area contributed by atoms with Gasteiger partial charge in [-0.3, -0.25) is 4.79 Å². The smallest absolute Gasteiger partial charge is 0.382 e. The van der Waals surface area contributed by atoms with Crippen LogP contribution in [-0.4, -0.2) is 15.7 Å². The Balaban J connectivity index is 1.92. The summed E-state index contributed by atoms with van der Waals surface area (Å²) in [4.78, 5) is 12.4. The second kappa shape index (κ2) is 6.90. The Morgan fingerprint density at radius 3 is 2.37 bits per heavy atom. The topological polar surface area (TPSA) is 112 Å². The predicted octanol–water partition coefficient (Wildman–Crippen LogP) is 4.17. The monoisotopic (exact) mass is 374 g/mol. The first-order valence-electron chi connectivity index (χ1n) is 7.60. The van der Waals surface area contributed by atoms with Crippen LogP contribution in [0.25, 0.3) is 0 Å². The van der Waals surface area contributed by atoms with E-state index < -0.39 is 17.6 Å². The van der Waals surface area contributed by atoms with Crippen LogP contribution >= 0.6 is 0 Å². The number of anilines is 2. The molecule has 3 aromatic rings. The van der Waals surface area contributed by atoms with E-state index in [1.807, 2.05) is 0 Å². The predicted molar refractivity (Wildman–Crippen MR) is 92.8 cm³/mol. The van der Waals surface area contributed by atoms with Crippen molar-refractivity contribution in [3.05, 3.63) is 65.7 Å². The summed E-state index contributed by atoms with van der Waals surface area (Å²) >= 11 is 0. The van der Waals surface area contributed by atoms with Crippen molar-refractivity contribution in [3.63, 3.8) is 0 Å². The maximum atomic E-state index is 12.7. The van der Waals surface area contributed by atoms with Gasteiger partial charge in [0.25, 0.3) is 5.91 Å². The van der Waals surface area contributed by atoms with E-state index in [0.29, 0.717) is 5.56 Å². The number of hydrogen-bond donors (Lipinski definition) is 2. The van der Waals surface area contributed by atoms with Crippen LogP contribution in [0.15, 0.2) is 64.8 Å². The minimum Gasteiger partial charge on any atom is -0.382 e. The van der Waals surface area contributed by atoms with E-state index in [1.165, 1.54) is 12.1 Å². The average molecular weight is 374 g/mol. The zero-order chi connectivity index (χ0) is 19.6. The third kappa shape index (κ3) is 3.78. The summed E-state index contributed by atoms with van der Waals surface area (Å²) in [5, 5.41) is 11.3. The SMILES string of the molecule is Nc1nn(C(=O)c2ccccc2)c(N)c1N=Nc1cccc(C(F)(F)F)c1. The molecule has 1 aromatic heterocycles. The van der Waals surface area contributed by atoms with Gasteiger partial charge in [-0.15, -0.1) is 10.2 Å². The molecular weight excluding hydrogens is 361 g/mol. The van der Waals surface area contributed by atoms with E-state index in [4.69, 9.17) is 11.5 Å². The second-order valence-corrected chi connectivity index (χ2v) is 5.45. The number of aromatic nitrogens is 2. The molecule has 0 saturated carbocycles. The highest BCUT2D eigenvalue weighted by Crippen LogP contribution is 2.34. The fourth-order valence-corrected chi connectivity index (χ4v) is 2.25. The number of nitrogens with two attached hydrogens (primary N) is 2. The van der Waals surface area contributed by atoms with Gasteiger partial charge in [0.05, 0.1) is 11.3 Å². The minimum absolute atomic E-state index is 0.0502. The van der Waals surface area contributed by atoms with Crippen LogP contribution in [0.5, 0.6) is 0 Å². The fourth-order valence-electron chi connectivity index (χ4n) is 2.25. The van der Waals surface area contributed by atoms with Gasteiger partial charge in [0.15, 0.2) is 17.3 Å². The molecule has 0 amide bonds. The van der Waals surface area contributed by atoms with Gasteiger partial charge in [0, 0.05) is 5.56 Å². The van der Waals surface area contributed by atoms with Crippen LogP contribution in [0.2, 0.25) is 0 Å². The summed E-state index contributed by atoms with van der Waals surface area (Å²) < 4.78 is 39.1. The number of nitrogen functional groups attached to an aromatic ring is 2. The normalized spacial score (nSPS) is 11.8. The third-order valence-electron chi connectivity index (χ3n) is 3.57. The maximum Gasteiger partial charge on any atom is 0.416 e. The van der Waals surface area contributed by atoms with Gasteiger partial charge in [-0.25, -0.2) is 0 Å². The van der Waals surface area contributed by atoms with Crippen molar-refractivity contribution in [2.24, 2.45) is 10.2 Å². The third-order valence-corrected chi connectivity index (χ3v) is 3.57. The Hall–Kier alpha value is -3.69. The number of rotatable bonds is 3. The molecule has 0 aliphatic rings. The van der Waals surface area contributed by atoms with Crippen molar-refractivity contribution in [3.8, 4) is 0 Å². The first kappa shape index (κ1) is 18.1. The van der Waals surface area contributed by atoms with Gasteiger partial charge < -0.3 is 11.5 Å². The summed E-state index contributed by atoms with van der Waals surface area (Å²) in [6.45, 7) is 0. The summed E-state index contributed by atoms with van der Waals surface area (Å²) in [6.07, 6.45) is -4.50. The molecule has 0 atom stereocenters. The zero-order valence-corrected chi connectivity index (χ0v) is 13.7. The molecule has 0 saturated heterocycles. The van der Waals surface area contributed by atoms with Crippen LogP contribution in [0.3, 0.4) is 0 Å². The second-order valence-electron chi connectivity index (χ2n) is 5.45. The lowest BCUT2D eigenvalue weighted by Crippen LogP contribution is -2.16. The summed E-state index contributed by atoms with van der Waals surface area (Å²) in [7, 11) is 0. The summed E-state index contributed by atoms with van der Waals surface area (Å²) in [5.74, 6) is -0.870. The lowest BCUT2D eigenvalue weighted by Gasteiger charge is -2.05. The number of hydrogen-bond acceptors (Lipinski definition) is 6. The highest BCUT2D eigenvalue weighted by Gasteiger charge is 2.30. The van der Waals surface area contributed by atoms with E-state index in [-0.39, 0.29) is 23.0 Å². The van der Waals surface area contributed by atoms with Gasteiger partial charge in [-0.05, 0) is 30.3 Å². The van der Waals surface area contributed by atoms with Crippen molar-refractivity contribution in [2.45, 2.75) is 6.18 Å². The maximum absolute atomic E-state index is 12.7. The Morgan fingerprint density at radius 1 is 1.00 bits per heavy atom. The molecule has 2 aromatic carbocycles. The first-order chi connectivity index (χ1) is 12.8. The van der Waals surface area contributed by atoms with Gasteiger partial charge in [0.1, 0.15) is 0 Å². The van der Waals surface area contributed by atoms with Crippen LogP contribution in [0.1, 0.15) is 15.9 Å². The Labute approximate surface area is 151 Å². The van der Waals surface area contributed by atoms with Crippen LogP contribution in [0.4, 0.5) is 36.2 Å². The average Bonchev–Trinajstić information content (AvgIpc) is 2.93. The number of nitrogens with zero attached hydrogens (tertiary/aromatic N) is 4. The van der Waals surface area contributed by atoms with Crippen molar-refractivity contribution in [1.82, 2.24) is 9.78 Å². The highest BCUT2D eigenvalue weighted by molar-refractivity contribution is 5.99. The summed E-state index contributed by atoms with van der Waals surface area (Å²) in [5.41, 5.74) is 10.9. The number of halogens is 3. The number of carbonyl (C=O) groups excluding carboxylic acids is 1. The highest BCUT2D eigenvalue weighted by atomic mass is 19.4. The Bertz CT molecular complexity index is 1010. The van der Waals surface area contributed by atoms with Crippen LogP contribution in [0, 0.1) is 0 Å². The molecule has 4 N–H and O–H groups in total.